The molecule has 2 atom stereocenters. The molecule has 1 aromatic heterocycles. The number of hydrogen-bond donors (Lipinski definition) is 1. The second-order valence-corrected chi connectivity index (χ2v) is 5.42. The zero-order valence-corrected chi connectivity index (χ0v) is 11.3. The molecular weight excluding hydrogens is 236 g/mol. The summed E-state index contributed by atoms with van der Waals surface area (Å²) in [6, 6.07) is 10.6. The molecule has 0 radical (unpaired) electrons. The van der Waals surface area contributed by atoms with Crippen LogP contribution in [0, 0.1) is 0 Å². The van der Waals surface area contributed by atoms with Crippen molar-refractivity contribution in [3.63, 3.8) is 0 Å². The van der Waals surface area contributed by atoms with E-state index in [9.17, 15) is 5.11 Å². The molecule has 1 heterocycles. The molecule has 3 nitrogen and oxygen atoms in total. The maximum atomic E-state index is 10.4. The zero-order chi connectivity index (χ0) is 13.2. The lowest BCUT2D eigenvalue weighted by molar-refractivity contribution is 0.145. The van der Waals surface area contributed by atoms with E-state index >= 15 is 0 Å². The number of aryl methyl sites for hydroxylation is 2. The van der Waals surface area contributed by atoms with Crippen molar-refractivity contribution >= 4 is 0 Å². The molecule has 0 amide bonds. The van der Waals surface area contributed by atoms with Crippen LogP contribution >= 0.6 is 0 Å². The third kappa shape index (κ3) is 2.43. The molecule has 19 heavy (non-hydrogen) atoms. The van der Waals surface area contributed by atoms with E-state index in [1.807, 2.05) is 13.1 Å². The number of aliphatic hydroxyl groups excluding tert-OH is 1. The molecule has 100 valence electrons. The Morgan fingerprint density at radius 2 is 2.21 bits per heavy atom. The van der Waals surface area contributed by atoms with Crippen molar-refractivity contribution in [3.05, 3.63) is 53.3 Å². The Morgan fingerprint density at radius 1 is 1.37 bits per heavy atom. The SMILES string of the molecule is Cn1nccc1C(O)CC1CCCc2ccccc21. The summed E-state index contributed by atoms with van der Waals surface area (Å²) in [7, 11) is 1.88. The van der Waals surface area contributed by atoms with Gasteiger partial charge < -0.3 is 5.11 Å². The van der Waals surface area contributed by atoms with Crippen LogP contribution in [0.3, 0.4) is 0 Å². The normalized spacial score (nSPS) is 20.0. The van der Waals surface area contributed by atoms with Crippen LogP contribution < -0.4 is 0 Å². The van der Waals surface area contributed by atoms with E-state index in [1.54, 1.807) is 10.9 Å². The highest BCUT2D eigenvalue weighted by molar-refractivity contribution is 5.32. The fourth-order valence-corrected chi connectivity index (χ4v) is 3.20. The molecule has 0 aliphatic heterocycles. The number of benzene rings is 1. The standard InChI is InChI=1S/C16H20N2O/c1-18-15(9-10-17-18)16(19)11-13-7-4-6-12-5-2-3-8-14(12)13/h2-3,5,8-10,13,16,19H,4,6-7,11H2,1H3. The molecule has 3 rings (SSSR count). The lowest BCUT2D eigenvalue weighted by Gasteiger charge is -2.27. The number of fused-ring (bicyclic) bond motifs is 1. The Labute approximate surface area is 113 Å². The van der Waals surface area contributed by atoms with E-state index in [4.69, 9.17) is 0 Å². The van der Waals surface area contributed by atoms with Gasteiger partial charge in [0, 0.05) is 13.2 Å². The number of aromatic nitrogens is 2. The second-order valence-electron chi connectivity index (χ2n) is 5.42. The Bertz CT molecular complexity index is 561. The van der Waals surface area contributed by atoms with Crippen LogP contribution in [0.15, 0.2) is 36.5 Å². The third-order valence-corrected chi connectivity index (χ3v) is 4.20. The quantitative estimate of drug-likeness (QED) is 0.916. The van der Waals surface area contributed by atoms with Crippen LogP contribution in [0.2, 0.25) is 0 Å². The van der Waals surface area contributed by atoms with E-state index < -0.39 is 6.10 Å². The van der Waals surface area contributed by atoms with E-state index in [0.717, 1.165) is 12.1 Å². The van der Waals surface area contributed by atoms with E-state index in [1.165, 1.54) is 30.4 Å². The van der Waals surface area contributed by atoms with Gasteiger partial charge in [-0.2, -0.15) is 5.10 Å². The highest BCUT2D eigenvalue weighted by Crippen LogP contribution is 2.37. The van der Waals surface area contributed by atoms with Gasteiger partial charge in [0.25, 0.3) is 0 Å². The first-order valence-corrected chi connectivity index (χ1v) is 6.99. The molecule has 2 unspecified atom stereocenters. The molecule has 0 saturated carbocycles. The smallest absolute Gasteiger partial charge is 0.0962 e. The van der Waals surface area contributed by atoms with Crippen molar-refractivity contribution in [2.75, 3.05) is 0 Å². The predicted octanol–water partition coefficient (Wildman–Crippen LogP) is 2.96. The summed E-state index contributed by atoms with van der Waals surface area (Å²) < 4.78 is 1.76. The Morgan fingerprint density at radius 3 is 3.00 bits per heavy atom. The molecule has 1 aromatic carbocycles. The van der Waals surface area contributed by atoms with Gasteiger partial charge in [-0.05, 0) is 48.8 Å². The van der Waals surface area contributed by atoms with Crippen LogP contribution in [-0.2, 0) is 13.5 Å². The van der Waals surface area contributed by atoms with Crippen molar-refractivity contribution in [1.29, 1.82) is 0 Å². The largest absolute Gasteiger partial charge is 0.387 e. The monoisotopic (exact) mass is 256 g/mol. The Hall–Kier alpha value is -1.61. The van der Waals surface area contributed by atoms with Crippen molar-refractivity contribution in [2.24, 2.45) is 7.05 Å². The maximum Gasteiger partial charge on any atom is 0.0962 e. The zero-order valence-electron chi connectivity index (χ0n) is 11.3. The highest BCUT2D eigenvalue weighted by Gasteiger charge is 2.24. The first-order valence-electron chi connectivity index (χ1n) is 6.99. The van der Waals surface area contributed by atoms with Crippen LogP contribution in [0.25, 0.3) is 0 Å². The number of aliphatic hydroxyl groups is 1. The van der Waals surface area contributed by atoms with Gasteiger partial charge in [0.1, 0.15) is 0 Å². The number of rotatable bonds is 3. The van der Waals surface area contributed by atoms with Crippen molar-refractivity contribution in [1.82, 2.24) is 9.78 Å². The van der Waals surface area contributed by atoms with Gasteiger partial charge in [-0.15, -0.1) is 0 Å². The third-order valence-electron chi connectivity index (χ3n) is 4.20. The van der Waals surface area contributed by atoms with Crippen molar-refractivity contribution in [3.8, 4) is 0 Å². The lowest BCUT2D eigenvalue weighted by atomic mass is 9.80. The molecule has 3 heteroatoms. The lowest BCUT2D eigenvalue weighted by Crippen LogP contribution is -2.14. The van der Waals surface area contributed by atoms with Crippen LogP contribution in [-0.4, -0.2) is 14.9 Å². The average molecular weight is 256 g/mol. The molecule has 0 bridgehead atoms. The van der Waals surface area contributed by atoms with Gasteiger partial charge in [-0.25, -0.2) is 0 Å². The fraction of sp³-hybridized carbons (Fsp3) is 0.438. The Kier molecular flexibility index (Phi) is 3.38. The summed E-state index contributed by atoms with van der Waals surface area (Å²) >= 11 is 0. The highest BCUT2D eigenvalue weighted by atomic mass is 16.3. The van der Waals surface area contributed by atoms with Gasteiger partial charge in [-0.3, -0.25) is 4.68 Å². The van der Waals surface area contributed by atoms with Gasteiger partial charge >= 0.3 is 0 Å². The van der Waals surface area contributed by atoms with Gasteiger partial charge in [0.05, 0.1) is 11.8 Å². The second kappa shape index (κ2) is 5.17. The topological polar surface area (TPSA) is 38.0 Å². The molecule has 1 N–H and O–H groups in total. The molecule has 0 saturated heterocycles. The minimum atomic E-state index is -0.427. The minimum Gasteiger partial charge on any atom is -0.387 e. The van der Waals surface area contributed by atoms with Crippen LogP contribution in [0.1, 0.15) is 48.1 Å². The van der Waals surface area contributed by atoms with Crippen molar-refractivity contribution in [2.45, 2.75) is 37.7 Å². The molecule has 1 aliphatic rings. The van der Waals surface area contributed by atoms with Gasteiger partial charge in [0.2, 0.25) is 0 Å². The van der Waals surface area contributed by atoms with Crippen molar-refractivity contribution < 1.29 is 5.11 Å². The summed E-state index contributed by atoms with van der Waals surface area (Å²) in [5.74, 6) is 0.467. The summed E-state index contributed by atoms with van der Waals surface area (Å²) in [6.07, 6.45) is 5.67. The summed E-state index contributed by atoms with van der Waals surface area (Å²) in [5, 5.41) is 14.5. The van der Waals surface area contributed by atoms with Crippen LogP contribution in [0.4, 0.5) is 0 Å². The molecule has 2 aromatic rings. The van der Waals surface area contributed by atoms with E-state index in [-0.39, 0.29) is 0 Å². The van der Waals surface area contributed by atoms with Crippen LogP contribution in [0.5, 0.6) is 0 Å². The van der Waals surface area contributed by atoms with E-state index in [0.29, 0.717) is 5.92 Å². The molecular formula is C16H20N2O. The molecule has 0 fully saturated rings. The minimum absolute atomic E-state index is 0.427. The summed E-state index contributed by atoms with van der Waals surface area (Å²) in [5.41, 5.74) is 3.79. The number of nitrogens with zero attached hydrogens (tertiary/aromatic N) is 2. The first-order chi connectivity index (χ1) is 9.25. The average Bonchev–Trinajstić information content (AvgIpc) is 2.85. The van der Waals surface area contributed by atoms with Gasteiger partial charge in [-0.1, -0.05) is 24.3 Å². The number of hydrogen-bond acceptors (Lipinski definition) is 2. The summed E-state index contributed by atoms with van der Waals surface area (Å²) in [6.45, 7) is 0. The first kappa shape index (κ1) is 12.4. The van der Waals surface area contributed by atoms with Gasteiger partial charge in [0.15, 0.2) is 0 Å². The Balaban J connectivity index is 1.80. The van der Waals surface area contributed by atoms with E-state index in [2.05, 4.69) is 29.4 Å². The predicted molar refractivity (Wildman–Crippen MR) is 74.9 cm³/mol. The summed E-state index contributed by atoms with van der Waals surface area (Å²) in [4.78, 5) is 0. The fourth-order valence-electron chi connectivity index (χ4n) is 3.20. The molecule has 0 spiro atoms. The molecule has 1 aliphatic carbocycles. The maximum absolute atomic E-state index is 10.4.